The predicted octanol–water partition coefficient (Wildman–Crippen LogP) is 3.27. The maximum absolute atomic E-state index is 14.4. The minimum absolute atomic E-state index is 0.181. The largest absolute Gasteiger partial charge is 0.368 e. The molecule has 0 bridgehead atoms. The predicted molar refractivity (Wildman–Crippen MR) is 90.6 cm³/mol. The van der Waals surface area contributed by atoms with E-state index in [1.54, 1.807) is 6.92 Å². The normalized spacial score (nSPS) is 13.4. The Labute approximate surface area is 143 Å². The van der Waals surface area contributed by atoms with Gasteiger partial charge in [0.2, 0.25) is 11.9 Å². The van der Waals surface area contributed by atoms with Crippen LogP contribution >= 0.6 is 0 Å². The lowest BCUT2D eigenvalue weighted by Crippen LogP contribution is -2.46. The molecular formula is C19H17F2N3O. The van der Waals surface area contributed by atoms with Crippen LogP contribution in [0.25, 0.3) is 11.1 Å². The Hall–Kier alpha value is -3.02. The van der Waals surface area contributed by atoms with Crippen molar-refractivity contribution < 1.29 is 13.6 Å². The molecule has 0 radical (unpaired) electrons. The van der Waals surface area contributed by atoms with Gasteiger partial charge in [0.05, 0.1) is 5.56 Å². The van der Waals surface area contributed by atoms with Gasteiger partial charge in [-0.15, -0.1) is 5.10 Å². The van der Waals surface area contributed by atoms with Crippen LogP contribution in [-0.2, 0) is 16.8 Å². The molecule has 0 aliphatic carbocycles. The van der Waals surface area contributed by atoms with Gasteiger partial charge in [0.25, 0.3) is 0 Å². The average Bonchev–Trinajstić information content (AvgIpc) is 2.98. The number of amides is 1. The molecule has 0 saturated heterocycles. The molecule has 1 heterocycles. The van der Waals surface area contributed by atoms with Crippen LogP contribution in [0.15, 0.2) is 60.8 Å². The van der Waals surface area contributed by atoms with Crippen LogP contribution in [0.1, 0.15) is 12.5 Å². The molecular weight excluding hydrogens is 324 g/mol. The van der Waals surface area contributed by atoms with Gasteiger partial charge in [-0.3, -0.25) is 9.48 Å². The van der Waals surface area contributed by atoms with Gasteiger partial charge in [-0.1, -0.05) is 42.5 Å². The zero-order chi connectivity index (χ0) is 18.0. The first-order valence-corrected chi connectivity index (χ1v) is 7.75. The second-order valence-electron chi connectivity index (χ2n) is 6.09. The van der Waals surface area contributed by atoms with E-state index in [0.29, 0.717) is 5.56 Å². The van der Waals surface area contributed by atoms with E-state index in [2.05, 4.69) is 5.10 Å². The summed E-state index contributed by atoms with van der Waals surface area (Å²) in [5, 5.41) is 3.85. The number of carbonyl (C=O) groups excluding carboxylic acids is 1. The van der Waals surface area contributed by atoms with E-state index in [1.807, 2.05) is 30.3 Å². The van der Waals surface area contributed by atoms with E-state index in [9.17, 15) is 13.6 Å². The number of nitrogens with two attached hydrogens (primary N) is 1. The fraction of sp³-hybridized carbons (Fsp3) is 0.158. The van der Waals surface area contributed by atoms with Gasteiger partial charge in [0.15, 0.2) is 0 Å². The summed E-state index contributed by atoms with van der Waals surface area (Å²) >= 11 is 0. The first kappa shape index (κ1) is 16.8. The highest BCUT2D eigenvalue weighted by molar-refractivity contribution is 5.82. The zero-order valence-electron chi connectivity index (χ0n) is 13.6. The fourth-order valence-electron chi connectivity index (χ4n) is 2.70. The highest BCUT2D eigenvalue weighted by Crippen LogP contribution is 2.27. The number of halogens is 2. The van der Waals surface area contributed by atoms with E-state index < -0.39 is 23.2 Å². The number of rotatable bonds is 5. The minimum Gasteiger partial charge on any atom is -0.368 e. The SMILES string of the molecule is CC(Cc1ccccc1)(C(N)=O)n1cc(-c2ccc(F)cc2)c(F)n1. The second kappa shape index (κ2) is 6.47. The number of primary amides is 1. The van der Waals surface area contributed by atoms with Crippen LogP contribution in [0.2, 0.25) is 0 Å². The molecule has 128 valence electrons. The van der Waals surface area contributed by atoms with Gasteiger partial charge in [0, 0.05) is 12.6 Å². The summed E-state index contributed by atoms with van der Waals surface area (Å²) in [5.74, 6) is -1.78. The molecule has 6 heteroatoms. The lowest BCUT2D eigenvalue weighted by molar-refractivity contribution is -0.126. The lowest BCUT2D eigenvalue weighted by Gasteiger charge is -2.26. The van der Waals surface area contributed by atoms with Gasteiger partial charge in [-0.05, 0) is 30.2 Å². The first-order chi connectivity index (χ1) is 11.9. The van der Waals surface area contributed by atoms with Gasteiger partial charge in [0.1, 0.15) is 11.4 Å². The summed E-state index contributed by atoms with van der Waals surface area (Å²) in [4.78, 5) is 12.1. The van der Waals surface area contributed by atoms with Crippen molar-refractivity contribution in [2.45, 2.75) is 18.9 Å². The van der Waals surface area contributed by atoms with Crippen molar-refractivity contribution >= 4 is 5.91 Å². The highest BCUT2D eigenvalue weighted by Gasteiger charge is 2.35. The third-order valence-corrected chi connectivity index (χ3v) is 4.25. The molecule has 0 fully saturated rings. The van der Waals surface area contributed by atoms with Crippen molar-refractivity contribution in [3.05, 3.63) is 78.1 Å². The molecule has 3 aromatic rings. The number of hydrogen-bond acceptors (Lipinski definition) is 2. The molecule has 0 saturated carbocycles. The molecule has 2 N–H and O–H groups in total. The zero-order valence-corrected chi connectivity index (χ0v) is 13.6. The highest BCUT2D eigenvalue weighted by atomic mass is 19.1. The Bertz CT molecular complexity index is 891. The van der Waals surface area contributed by atoms with Crippen molar-refractivity contribution in [2.75, 3.05) is 0 Å². The molecule has 0 aliphatic rings. The molecule has 1 unspecified atom stereocenters. The van der Waals surface area contributed by atoms with E-state index in [4.69, 9.17) is 5.73 Å². The first-order valence-electron chi connectivity index (χ1n) is 7.75. The molecule has 1 aromatic heterocycles. The quantitative estimate of drug-likeness (QED) is 0.774. The lowest BCUT2D eigenvalue weighted by atomic mass is 9.92. The molecule has 25 heavy (non-hydrogen) atoms. The maximum atomic E-state index is 14.4. The molecule has 3 rings (SSSR count). The molecule has 0 aliphatic heterocycles. The Kier molecular flexibility index (Phi) is 4.35. The van der Waals surface area contributed by atoms with Crippen LogP contribution in [-0.4, -0.2) is 15.7 Å². The molecule has 1 atom stereocenters. The van der Waals surface area contributed by atoms with Crippen molar-refractivity contribution in [2.24, 2.45) is 5.73 Å². The minimum atomic E-state index is -1.24. The van der Waals surface area contributed by atoms with E-state index in [0.717, 1.165) is 5.56 Å². The number of carbonyl (C=O) groups is 1. The monoisotopic (exact) mass is 341 g/mol. The fourth-order valence-corrected chi connectivity index (χ4v) is 2.70. The van der Waals surface area contributed by atoms with Crippen molar-refractivity contribution in [1.82, 2.24) is 9.78 Å². The van der Waals surface area contributed by atoms with Crippen molar-refractivity contribution in [3.8, 4) is 11.1 Å². The summed E-state index contributed by atoms with van der Waals surface area (Å²) in [6.45, 7) is 1.61. The third-order valence-electron chi connectivity index (χ3n) is 4.25. The molecule has 4 nitrogen and oxygen atoms in total. The summed E-state index contributed by atoms with van der Waals surface area (Å²) in [7, 11) is 0. The summed E-state index contributed by atoms with van der Waals surface area (Å²) in [6, 6.07) is 14.7. The topological polar surface area (TPSA) is 60.9 Å². The van der Waals surface area contributed by atoms with Crippen molar-refractivity contribution in [3.63, 3.8) is 0 Å². The van der Waals surface area contributed by atoms with Crippen LogP contribution in [0.5, 0.6) is 0 Å². The molecule has 1 amide bonds. The summed E-state index contributed by atoms with van der Waals surface area (Å²) in [6.07, 6.45) is 1.70. The van der Waals surface area contributed by atoms with Crippen LogP contribution in [0.3, 0.4) is 0 Å². The van der Waals surface area contributed by atoms with Crippen LogP contribution in [0, 0.1) is 11.8 Å². The van der Waals surface area contributed by atoms with Crippen molar-refractivity contribution in [1.29, 1.82) is 0 Å². The molecule has 0 spiro atoms. The Balaban J connectivity index is 2.02. The summed E-state index contributed by atoms with van der Waals surface area (Å²) < 4.78 is 28.7. The van der Waals surface area contributed by atoms with E-state index in [1.165, 1.54) is 35.1 Å². The smallest absolute Gasteiger partial charge is 0.245 e. The Morgan fingerprint density at radius 1 is 1.12 bits per heavy atom. The number of benzene rings is 2. The number of hydrogen-bond donors (Lipinski definition) is 1. The van der Waals surface area contributed by atoms with Gasteiger partial charge < -0.3 is 5.73 Å². The van der Waals surface area contributed by atoms with Gasteiger partial charge >= 0.3 is 0 Å². The number of aromatic nitrogens is 2. The van der Waals surface area contributed by atoms with Crippen LogP contribution < -0.4 is 5.73 Å². The van der Waals surface area contributed by atoms with Gasteiger partial charge in [-0.2, -0.15) is 4.39 Å². The Morgan fingerprint density at radius 3 is 2.36 bits per heavy atom. The average molecular weight is 341 g/mol. The van der Waals surface area contributed by atoms with E-state index >= 15 is 0 Å². The van der Waals surface area contributed by atoms with Crippen LogP contribution in [0.4, 0.5) is 8.78 Å². The third kappa shape index (κ3) is 3.28. The van der Waals surface area contributed by atoms with Gasteiger partial charge in [-0.25, -0.2) is 4.39 Å². The number of nitrogens with zero attached hydrogens (tertiary/aromatic N) is 2. The standard InChI is InChI=1S/C19H17F2N3O/c1-19(18(22)25,11-13-5-3-2-4-6-13)24-12-16(17(21)23-24)14-7-9-15(20)10-8-14/h2-10,12H,11H2,1H3,(H2,22,25). The second-order valence-corrected chi connectivity index (χ2v) is 6.09. The molecule has 2 aromatic carbocycles. The van der Waals surface area contributed by atoms with E-state index in [-0.39, 0.29) is 12.0 Å². The maximum Gasteiger partial charge on any atom is 0.245 e. The summed E-state index contributed by atoms with van der Waals surface area (Å²) in [5.41, 5.74) is 5.89. The Morgan fingerprint density at radius 2 is 1.76 bits per heavy atom.